The Morgan fingerprint density at radius 3 is 2.48 bits per heavy atom. The van der Waals surface area contributed by atoms with Gasteiger partial charge in [0.1, 0.15) is 12.8 Å². The van der Waals surface area contributed by atoms with E-state index in [0.29, 0.717) is 0 Å². The van der Waals surface area contributed by atoms with Crippen molar-refractivity contribution in [2.75, 3.05) is 11.8 Å². The Morgan fingerprint density at radius 2 is 1.68 bits per heavy atom. The molecule has 0 spiro atoms. The van der Waals surface area contributed by atoms with E-state index in [1.165, 1.54) is 21.2 Å². The largest absolute Gasteiger partial charge is 0.320 e. The average Bonchev–Trinajstić information content (AvgIpc) is 2.66. The van der Waals surface area contributed by atoms with Gasteiger partial charge in [0.2, 0.25) is 6.20 Å². The van der Waals surface area contributed by atoms with Crippen LogP contribution in [0.4, 0.5) is 5.69 Å². The highest BCUT2D eigenvalue weighted by atomic mass is 32.2. The zero-order valence-electron chi connectivity index (χ0n) is 14.2. The smallest absolute Gasteiger partial charge is 0.289 e. The van der Waals surface area contributed by atoms with Gasteiger partial charge in [0, 0.05) is 15.7 Å². The summed E-state index contributed by atoms with van der Waals surface area (Å²) >= 11 is 1.61. The Bertz CT molecular complexity index is 1040. The average molecular weight is 347 g/mol. The lowest BCUT2D eigenvalue weighted by molar-refractivity contribution is -0.864. The molecule has 1 heterocycles. The number of anilines is 1. The van der Waals surface area contributed by atoms with Crippen LogP contribution in [0.1, 0.15) is 5.56 Å². The fourth-order valence-corrected chi connectivity index (χ4v) is 3.67. The molecule has 0 amide bonds. The molecule has 0 saturated heterocycles. The number of hydrogen-bond acceptors (Lipinski definition) is 3. The second-order valence-electron chi connectivity index (χ2n) is 5.94. The lowest BCUT2D eigenvalue weighted by Gasteiger charge is -2.10. The van der Waals surface area contributed by atoms with Gasteiger partial charge >= 0.3 is 0 Å². The van der Waals surface area contributed by atoms with E-state index in [1.807, 2.05) is 12.3 Å². The molecule has 4 aromatic rings. The van der Waals surface area contributed by atoms with Gasteiger partial charge in [-0.1, -0.05) is 42.0 Å². The van der Waals surface area contributed by atoms with E-state index in [2.05, 4.69) is 72.3 Å². The number of fused-ring (bicyclic) bond motifs is 3. The zero-order chi connectivity index (χ0) is 17.2. The molecule has 1 N–H and O–H groups in total. The molecule has 0 aliphatic rings. The van der Waals surface area contributed by atoms with Gasteiger partial charge in [0.15, 0.2) is 0 Å². The topological polar surface area (TPSA) is 25.1 Å². The first-order valence-electron chi connectivity index (χ1n) is 8.16. The van der Waals surface area contributed by atoms with E-state index < -0.39 is 0 Å². The molecule has 0 aliphatic heterocycles. The van der Waals surface area contributed by atoms with Crippen LogP contribution in [0.25, 0.3) is 21.7 Å². The minimum absolute atomic E-state index is 1.03. The Hall–Kier alpha value is -2.72. The summed E-state index contributed by atoms with van der Waals surface area (Å²) in [5.41, 5.74) is 3.32. The number of nitrogens with one attached hydrogen (secondary N) is 1. The maximum absolute atomic E-state index is 5.55. The Balaban J connectivity index is 1.84. The molecule has 4 heteroatoms. The van der Waals surface area contributed by atoms with Crippen LogP contribution in [0.3, 0.4) is 0 Å². The normalized spacial score (nSPS) is 11.0. The van der Waals surface area contributed by atoms with Crippen LogP contribution in [-0.2, 0) is 0 Å². The lowest BCUT2D eigenvalue weighted by atomic mass is 10.0. The van der Waals surface area contributed by atoms with Crippen LogP contribution >= 0.6 is 11.9 Å². The molecule has 25 heavy (non-hydrogen) atoms. The van der Waals surface area contributed by atoms with Crippen molar-refractivity contribution >= 4 is 39.3 Å². The van der Waals surface area contributed by atoms with Gasteiger partial charge in [0.25, 0.3) is 5.52 Å². The number of pyridine rings is 1. The molecule has 0 saturated carbocycles. The highest BCUT2D eigenvalue weighted by molar-refractivity contribution is 8.00. The standard InChI is InChI=1S/C21H19N2OS/c1-15-9-11-17(12-10-15)25-22-20-14-16-6-3-4-7-18(16)19-8-5-13-23(24-2)21(19)20/h3-14,22H,1-2H3/q+1. The van der Waals surface area contributed by atoms with Gasteiger partial charge in [0.05, 0.1) is 5.39 Å². The van der Waals surface area contributed by atoms with E-state index >= 15 is 0 Å². The van der Waals surface area contributed by atoms with Gasteiger partial charge in [-0.2, -0.15) is 0 Å². The SMILES string of the molecule is CO[n+]1cccc2c3ccccc3cc(NSc3ccc(C)cc3)c21. The van der Waals surface area contributed by atoms with Crippen LogP contribution < -0.4 is 14.3 Å². The van der Waals surface area contributed by atoms with Crippen molar-refractivity contribution in [1.82, 2.24) is 0 Å². The molecule has 3 nitrogen and oxygen atoms in total. The van der Waals surface area contributed by atoms with Gasteiger partial charge < -0.3 is 4.72 Å². The van der Waals surface area contributed by atoms with Crippen LogP contribution in [-0.4, -0.2) is 7.11 Å². The Morgan fingerprint density at radius 1 is 0.920 bits per heavy atom. The maximum atomic E-state index is 5.55. The Labute approximate surface area is 151 Å². The first kappa shape index (κ1) is 15.8. The summed E-state index contributed by atoms with van der Waals surface area (Å²) in [4.78, 5) is 6.73. The van der Waals surface area contributed by atoms with E-state index in [9.17, 15) is 0 Å². The van der Waals surface area contributed by atoms with Crippen molar-refractivity contribution < 1.29 is 9.57 Å². The summed E-state index contributed by atoms with van der Waals surface area (Å²) in [5, 5.41) is 3.58. The molecule has 124 valence electrons. The van der Waals surface area contributed by atoms with Crippen molar-refractivity contribution in [3.05, 3.63) is 78.5 Å². The second-order valence-corrected chi connectivity index (χ2v) is 6.82. The van der Waals surface area contributed by atoms with E-state index in [0.717, 1.165) is 16.6 Å². The zero-order valence-corrected chi connectivity index (χ0v) is 15.0. The summed E-state index contributed by atoms with van der Waals surface area (Å²) in [6.07, 6.45) is 1.93. The van der Waals surface area contributed by atoms with Gasteiger partial charge in [-0.05, 0) is 53.9 Å². The number of hydrogen-bond donors (Lipinski definition) is 1. The number of nitrogens with zero attached hydrogens (tertiary/aromatic N) is 1. The third kappa shape index (κ3) is 3.01. The third-order valence-corrected chi connectivity index (χ3v) is 5.09. The van der Waals surface area contributed by atoms with Crippen LogP contribution in [0.15, 0.2) is 77.8 Å². The van der Waals surface area contributed by atoms with Gasteiger partial charge in [-0.3, -0.25) is 4.84 Å². The van der Waals surface area contributed by atoms with Crippen molar-refractivity contribution in [1.29, 1.82) is 0 Å². The van der Waals surface area contributed by atoms with Crippen LogP contribution in [0.5, 0.6) is 0 Å². The summed E-state index contributed by atoms with van der Waals surface area (Å²) in [7, 11) is 1.69. The molecule has 0 bridgehead atoms. The lowest BCUT2D eigenvalue weighted by Crippen LogP contribution is -2.41. The third-order valence-electron chi connectivity index (χ3n) is 4.26. The molecule has 4 rings (SSSR count). The van der Waals surface area contributed by atoms with Crippen molar-refractivity contribution in [3.63, 3.8) is 0 Å². The second kappa shape index (κ2) is 6.65. The van der Waals surface area contributed by atoms with E-state index in [-0.39, 0.29) is 0 Å². The first-order valence-corrected chi connectivity index (χ1v) is 8.98. The van der Waals surface area contributed by atoms with Gasteiger partial charge in [-0.15, -0.1) is 0 Å². The minimum Gasteiger partial charge on any atom is -0.320 e. The highest BCUT2D eigenvalue weighted by Gasteiger charge is 2.18. The minimum atomic E-state index is 1.03. The summed E-state index contributed by atoms with van der Waals surface area (Å²) < 4.78 is 5.31. The molecule has 0 atom stereocenters. The molecule has 0 radical (unpaired) electrons. The highest BCUT2D eigenvalue weighted by Crippen LogP contribution is 2.32. The number of aromatic nitrogens is 1. The number of aryl methyl sites for hydroxylation is 1. The maximum Gasteiger partial charge on any atom is 0.289 e. The predicted octanol–water partition coefficient (Wildman–Crippen LogP) is 4.77. The van der Waals surface area contributed by atoms with Crippen LogP contribution in [0, 0.1) is 6.92 Å². The fourth-order valence-electron chi connectivity index (χ4n) is 3.01. The predicted molar refractivity (Wildman–Crippen MR) is 105 cm³/mol. The quantitative estimate of drug-likeness (QED) is 0.327. The van der Waals surface area contributed by atoms with E-state index in [1.54, 1.807) is 23.8 Å². The van der Waals surface area contributed by atoms with Crippen molar-refractivity contribution in [3.8, 4) is 0 Å². The van der Waals surface area contributed by atoms with E-state index in [4.69, 9.17) is 4.84 Å². The number of rotatable bonds is 4. The van der Waals surface area contributed by atoms with Crippen LogP contribution in [0.2, 0.25) is 0 Å². The fraction of sp³-hybridized carbons (Fsp3) is 0.0952. The first-order chi connectivity index (χ1) is 12.3. The summed E-state index contributed by atoms with van der Waals surface area (Å²) in [6.45, 7) is 2.10. The molecular formula is C21H19N2OS+. The molecule has 0 aliphatic carbocycles. The molecule has 0 unspecified atom stereocenters. The molecule has 1 aromatic heterocycles. The summed E-state index contributed by atoms with van der Waals surface area (Å²) in [5.74, 6) is 0. The van der Waals surface area contributed by atoms with Gasteiger partial charge in [-0.25, -0.2) is 0 Å². The molecular weight excluding hydrogens is 328 g/mol. The summed E-state index contributed by atoms with van der Waals surface area (Å²) in [6, 6.07) is 23.2. The van der Waals surface area contributed by atoms with Crippen molar-refractivity contribution in [2.45, 2.75) is 11.8 Å². The molecule has 0 fully saturated rings. The monoisotopic (exact) mass is 347 g/mol. The van der Waals surface area contributed by atoms with Crippen molar-refractivity contribution in [2.24, 2.45) is 0 Å². The Kier molecular flexibility index (Phi) is 4.20. The molecule has 3 aromatic carbocycles. The number of benzene rings is 3.